The molecule has 1 aliphatic rings. The highest BCUT2D eigenvalue weighted by Crippen LogP contribution is 2.36. The first kappa shape index (κ1) is 12.7. The number of para-hydroxylation sites is 1. The molecule has 4 rings (SSSR count). The predicted molar refractivity (Wildman–Crippen MR) is 79.9 cm³/mol. The van der Waals surface area contributed by atoms with Crippen molar-refractivity contribution in [2.45, 2.75) is 37.5 Å². The standard InChI is InChI=1S/C16H17N3O2/c20-14-7-3-6-13(15(14)21)19-12-5-2-1-4-10(12)11-8-17-9-18-16(11)19/h1-2,4-5,8-9,13-15,20-21H,3,6-7H2. The second-order valence-corrected chi connectivity index (χ2v) is 5.70. The lowest BCUT2D eigenvalue weighted by atomic mass is 9.90. The molecule has 2 N–H and O–H groups in total. The summed E-state index contributed by atoms with van der Waals surface area (Å²) in [6.45, 7) is 0. The Morgan fingerprint density at radius 2 is 1.95 bits per heavy atom. The molecular formula is C16H17N3O2. The summed E-state index contributed by atoms with van der Waals surface area (Å²) < 4.78 is 2.07. The number of fused-ring (bicyclic) bond motifs is 3. The van der Waals surface area contributed by atoms with Gasteiger partial charge in [0.2, 0.25) is 0 Å². The molecule has 1 saturated carbocycles. The van der Waals surface area contributed by atoms with E-state index in [0.29, 0.717) is 6.42 Å². The average molecular weight is 283 g/mol. The molecule has 2 heterocycles. The Kier molecular flexibility index (Phi) is 2.90. The first-order valence-electron chi connectivity index (χ1n) is 7.32. The maximum absolute atomic E-state index is 10.4. The van der Waals surface area contributed by atoms with Crippen LogP contribution in [-0.4, -0.2) is 37.0 Å². The van der Waals surface area contributed by atoms with Crippen LogP contribution < -0.4 is 0 Å². The van der Waals surface area contributed by atoms with Gasteiger partial charge in [0.05, 0.1) is 17.7 Å². The quantitative estimate of drug-likeness (QED) is 0.717. The van der Waals surface area contributed by atoms with Gasteiger partial charge in [-0.2, -0.15) is 0 Å². The van der Waals surface area contributed by atoms with Gasteiger partial charge in [0.1, 0.15) is 18.1 Å². The van der Waals surface area contributed by atoms with Crippen molar-refractivity contribution in [3.05, 3.63) is 36.8 Å². The third-order valence-corrected chi connectivity index (χ3v) is 4.49. The van der Waals surface area contributed by atoms with Crippen LogP contribution in [0.2, 0.25) is 0 Å². The molecule has 0 saturated heterocycles. The van der Waals surface area contributed by atoms with Crippen molar-refractivity contribution in [3.63, 3.8) is 0 Å². The molecule has 1 aliphatic carbocycles. The summed E-state index contributed by atoms with van der Waals surface area (Å²) in [6, 6.07) is 7.90. The molecule has 5 nitrogen and oxygen atoms in total. The number of aliphatic hydroxyl groups is 2. The summed E-state index contributed by atoms with van der Waals surface area (Å²) in [5.74, 6) is 0. The van der Waals surface area contributed by atoms with Gasteiger partial charge < -0.3 is 14.8 Å². The topological polar surface area (TPSA) is 71.2 Å². The van der Waals surface area contributed by atoms with Crippen LogP contribution in [0.1, 0.15) is 25.3 Å². The van der Waals surface area contributed by atoms with E-state index < -0.39 is 12.2 Å². The van der Waals surface area contributed by atoms with E-state index in [2.05, 4.69) is 14.5 Å². The number of hydrogen-bond donors (Lipinski definition) is 2. The smallest absolute Gasteiger partial charge is 0.144 e. The lowest BCUT2D eigenvalue weighted by Crippen LogP contribution is -2.38. The minimum Gasteiger partial charge on any atom is -0.390 e. The molecule has 5 heteroatoms. The van der Waals surface area contributed by atoms with E-state index in [1.165, 1.54) is 6.33 Å². The van der Waals surface area contributed by atoms with Gasteiger partial charge in [0, 0.05) is 17.0 Å². The summed E-state index contributed by atoms with van der Waals surface area (Å²) in [6.07, 6.45) is 4.33. The SMILES string of the molecule is OC1CCCC(n2c3ccccc3c3cncnc32)C1O. The predicted octanol–water partition coefficient (Wildman–Crippen LogP) is 2.03. The van der Waals surface area contributed by atoms with Crippen LogP contribution in [0.3, 0.4) is 0 Å². The second-order valence-electron chi connectivity index (χ2n) is 5.70. The summed E-state index contributed by atoms with van der Waals surface area (Å²) in [4.78, 5) is 8.53. The van der Waals surface area contributed by atoms with Crippen molar-refractivity contribution in [2.24, 2.45) is 0 Å². The van der Waals surface area contributed by atoms with Crippen molar-refractivity contribution in [1.29, 1.82) is 0 Å². The number of aromatic nitrogens is 3. The number of benzene rings is 1. The Balaban J connectivity index is 2.01. The third-order valence-electron chi connectivity index (χ3n) is 4.49. The molecule has 0 bridgehead atoms. The van der Waals surface area contributed by atoms with Crippen molar-refractivity contribution < 1.29 is 10.2 Å². The van der Waals surface area contributed by atoms with Crippen LogP contribution in [0.15, 0.2) is 36.8 Å². The number of rotatable bonds is 1. The Morgan fingerprint density at radius 3 is 2.86 bits per heavy atom. The van der Waals surface area contributed by atoms with E-state index in [0.717, 1.165) is 34.8 Å². The zero-order valence-electron chi connectivity index (χ0n) is 11.6. The van der Waals surface area contributed by atoms with Crippen LogP contribution in [0.4, 0.5) is 0 Å². The molecule has 1 aromatic carbocycles. The van der Waals surface area contributed by atoms with Crippen LogP contribution in [-0.2, 0) is 0 Å². The lowest BCUT2D eigenvalue weighted by molar-refractivity contribution is -0.0376. The average Bonchev–Trinajstić information content (AvgIpc) is 2.85. The van der Waals surface area contributed by atoms with Gasteiger partial charge in [-0.25, -0.2) is 9.97 Å². The number of nitrogens with zero attached hydrogens (tertiary/aromatic N) is 3. The van der Waals surface area contributed by atoms with E-state index >= 15 is 0 Å². The van der Waals surface area contributed by atoms with Gasteiger partial charge in [0.15, 0.2) is 0 Å². The van der Waals surface area contributed by atoms with E-state index in [9.17, 15) is 10.2 Å². The fraction of sp³-hybridized carbons (Fsp3) is 0.375. The summed E-state index contributed by atoms with van der Waals surface area (Å²) in [5, 5.41) is 22.5. The normalized spacial score (nSPS) is 26.5. The minimum atomic E-state index is -0.757. The van der Waals surface area contributed by atoms with Crippen molar-refractivity contribution in [2.75, 3.05) is 0 Å². The highest BCUT2D eigenvalue weighted by Gasteiger charge is 2.33. The van der Waals surface area contributed by atoms with Crippen molar-refractivity contribution >= 4 is 21.9 Å². The van der Waals surface area contributed by atoms with Crippen LogP contribution in [0.5, 0.6) is 0 Å². The zero-order chi connectivity index (χ0) is 14.4. The zero-order valence-corrected chi connectivity index (χ0v) is 11.6. The number of aliphatic hydroxyl groups excluding tert-OH is 2. The minimum absolute atomic E-state index is 0.147. The van der Waals surface area contributed by atoms with Crippen molar-refractivity contribution in [3.8, 4) is 0 Å². The van der Waals surface area contributed by atoms with E-state index in [1.807, 2.05) is 30.5 Å². The molecule has 3 unspecified atom stereocenters. The summed E-state index contributed by atoms with van der Waals surface area (Å²) in [7, 11) is 0. The molecule has 0 spiro atoms. The summed E-state index contributed by atoms with van der Waals surface area (Å²) in [5.41, 5.74) is 1.86. The lowest BCUT2D eigenvalue weighted by Gasteiger charge is -2.33. The molecule has 108 valence electrons. The van der Waals surface area contributed by atoms with Gasteiger partial charge in [0.25, 0.3) is 0 Å². The Hall–Kier alpha value is -1.98. The first-order chi connectivity index (χ1) is 10.3. The molecule has 21 heavy (non-hydrogen) atoms. The van der Waals surface area contributed by atoms with Crippen LogP contribution >= 0.6 is 0 Å². The van der Waals surface area contributed by atoms with Gasteiger partial charge in [-0.3, -0.25) is 0 Å². The Bertz CT molecular complexity index is 745. The van der Waals surface area contributed by atoms with Crippen LogP contribution in [0, 0.1) is 0 Å². The molecule has 0 aliphatic heterocycles. The van der Waals surface area contributed by atoms with E-state index in [4.69, 9.17) is 0 Å². The summed E-state index contributed by atoms with van der Waals surface area (Å²) >= 11 is 0. The molecule has 0 radical (unpaired) electrons. The van der Waals surface area contributed by atoms with Crippen LogP contribution in [0.25, 0.3) is 21.9 Å². The van der Waals surface area contributed by atoms with Crippen molar-refractivity contribution in [1.82, 2.24) is 14.5 Å². The highest BCUT2D eigenvalue weighted by atomic mass is 16.3. The maximum atomic E-state index is 10.4. The second kappa shape index (κ2) is 4.79. The van der Waals surface area contributed by atoms with E-state index in [1.54, 1.807) is 0 Å². The fourth-order valence-electron chi connectivity index (χ4n) is 3.48. The monoisotopic (exact) mass is 283 g/mol. The first-order valence-corrected chi connectivity index (χ1v) is 7.32. The molecular weight excluding hydrogens is 266 g/mol. The maximum Gasteiger partial charge on any atom is 0.144 e. The van der Waals surface area contributed by atoms with Gasteiger partial charge >= 0.3 is 0 Å². The largest absolute Gasteiger partial charge is 0.390 e. The fourth-order valence-corrected chi connectivity index (χ4v) is 3.48. The molecule has 1 fully saturated rings. The van der Waals surface area contributed by atoms with Gasteiger partial charge in [-0.1, -0.05) is 18.2 Å². The molecule has 0 amide bonds. The van der Waals surface area contributed by atoms with Gasteiger partial charge in [-0.05, 0) is 25.3 Å². The molecule has 3 aromatic rings. The molecule has 2 aromatic heterocycles. The molecule has 3 atom stereocenters. The Labute approximate surface area is 121 Å². The Morgan fingerprint density at radius 1 is 1.10 bits per heavy atom. The van der Waals surface area contributed by atoms with E-state index in [-0.39, 0.29) is 6.04 Å². The van der Waals surface area contributed by atoms with Gasteiger partial charge in [-0.15, -0.1) is 0 Å². The highest BCUT2D eigenvalue weighted by molar-refractivity contribution is 6.06. The number of hydrogen-bond acceptors (Lipinski definition) is 4. The third kappa shape index (κ3) is 1.85.